The zero-order valence-electron chi connectivity index (χ0n) is 18.6. The summed E-state index contributed by atoms with van der Waals surface area (Å²) in [7, 11) is -4.31. The van der Waals surface area contributed by atoms with Gasteiger partial charge in [0.15, 0.2) is 22.4 Å². The lowest BCUT2D eigenvalue weighted by Crippen LogP contribution is -2.58. The second-order valence-corrected chi connectivity index (χ2v) is 20.1. The molecule has 1 aliphatic rings. The van der Waals surface area contributed by atoms with Crippen molar-refractivity contribution in [2.24, 2.45) is 0 Å². The summed E-state index contributed by atoms with van der Waals surface area (Å²) in [5, 5.41) is 9.51. The van der Waals surface area contributed by atoms with Crippen LogP contribution in [0.5, 0.6) is 0 Å². The van der Waals surface area contributed by atoms with E-state index < -0.39 is 28.4 Å². The predicted molar refractivity (Wildman–Crippen MR) is 113 cm³/mol. The van der Waals surface area contributed by atoms with Crippen molar-refractivity contribution in [2.45, 2.75) is 109 Å². The summed E-state index contributed by atoms with van der Waals surface area (Å²) < 4.78 is 13.8. The Kier molecular flexibility index (Phi) is 6.83. The Balaban J connectivity index is 3.48. The van der Waals surface area contributed by atoms with Crippen molar-refractivity contribution in [3.8, 4) is 0 Å². The molecule has 1 aliphatic carbocycles. The average molecular weight is 401 g/mol. The van der Waals surface area contributed by atoms with Gasteiger partial charge in [-0.15, -0.1) is 0 Å². The standard InChI is InChI=1S/C20H40O4Si2/c1-18(2,3)25(7,8)23-20(24-26(9,10)19(4,5)6)14-12-11-13-16(20)15-17(21)22/h15H,11-14H2,1-10H3,(H,21,22)/b16-15+. The van der Waals surface area contributed by atoms with Gasteiger partial charge >= 0.3 is 5.97 Å². The highest BCUT2D eigenvalue weighted by Gasteiger charge is 2.52. The Morgan fingerprint density at radius 1 is 0.962 bits per heavy atom. The number of carboxylic acids is 1. The van der Waals surface area contributed by atoms with E-state index in [9.17, 15) is 9.90 Å². The highest BCUT2D eigenvalue weighted by Crippen LogP contribution is 2.49. The van der Waals surface area contributed by atoms with Crippen molar-refractivity contribution in [3.05, 3.63) is 11.6 Å². The molecule has 0 unspecified atom stereocenters. The summed E-state index contributed by atoms with van der Waals surface area (Å²) in [5.41, 5.74) is 0.811. The van der Waals surface area contributed by atoms with Crippen LogP contribution in [0.2, 0.25) is 36.3 Å². The topological polar surface area (TPSA) is 55.8 Å². The number of rotatable bonds is 5. The highest BCUT2D eigenvalue weighted by molar-refractivity contribution is 6.75. The lowest BCUT2D eigenvalue weighted by atomic mass is 9.88. The molecule has 0 aliphatic heterocycles. The van der Waals surface area contributed by atoms with Crippen molar-refractivity contribution in [1.82, 2.24) is 0 Å². The molecule has 26 heavy (non-hydrogen) atoms. The lowest BCUT2D eigenvalue weighted by molar-refractivity contribution is -0.134. The number of aliphatic carboxylic acids is 1. The third-order valence-electron chi connectivity index (χ3n) is 6.44. The van der Waals surface area contributed by atoms with Crippen molar-refractivity contribution in [1.29, 1.82) is 0 Å². The Bertz CT molecular complexity index is 523. The van der Waals surface area contributed by atoms with E-state index in [0.717, 1.165) is 31.3 Å². The molecule has 1 rings (SSSR count). The van der Waals surface area contributed by atoms with Crippen LogP contribution < -0.4 is 0 Å². The number of carboxylic acid groups (broad SMARTS) is 1. The number of hydrogen-bond acceptors (Lipinski definition) is 3. The molecule has 6 heteroatoms. The van der Waals surface area contributed by atoms with Crippen LogP contribution >= 0.6 is 0 Å². The maximum absolute atomic E-state index is 11.5. The summed E-state index contributed by atoms with van der Waals surface area (Å²) >= 11 is 0. The first kappa shape index (κ1) is 23.6. The van der Waals surface area contributed by atoms with Gasteiger partial charge in [0.2, 0.25) is 0 Å². The summed E-state index contributed by atoms with van der Waals surface area (Å²) in [6.07, 6.45) is 4.81. The van der Waals surface area contributed by atoms with E-state index in [1.165, 1.54) is 6.08 Å². The zero-order valence-corrected chi connectivity index (χ0v) is 20.6. The Labute approximate surface area is 162 Å². The van der Waals surface area contributed by atoms with Gasteiger partial charge in [-0.25, -0.2) is 4.79 Å². The highest BCUT2D eigenvalue weighted by atomic mass is 28.4. The minimum atomic E-state index is -2.15. The van der Waals surface area contributed by atoms with Crippen molar-refractivity contribution in [2.75, 3.05) is 0 Å². The van der Waals surface area contributed by atoms with Crippen molar-refractivity contribution < 1.29 is 18.8 Å². The molecule has 0 aromatic rings. The van der Waals surface area contributed by atoms with Crippen LogP contribution in [0.1, 0.15) is 67.2 Å². The molecular weight excluding hydrogens is 360 g/mol. The van der Waals surface area contributed by atoms with E-state index in [0.29, 0.717) is 0 Å². The number of hydrogen-bond donors (Lipinski definition) is 1. The molecule has 0 aromatic heterocycles. The second-order valence-electron chi connectivity index (χ2n) is 10.7. The van der Waals surface area contributed by atoms with Gasteiger partial charge in [-0.3, -0.25) is 0 Å². The van der Waals surface area contributed by atoms with E-state index in [4.69, 9.17) is 8.85 Å². The van der Waals surface area contributed by atoms with E-state index in [1.807, 2.05) is 0 Å². The molecule has 1 N–H and O–H groups in total. The summed E-state index contributed by atoms with van der Waals surface area (Å²) in [4.78, 5) is 11.5. The van der Waals surface area contributed by atoms with Gasteiger partial charge in [0.25, 0.3) is 0 Å². The van der Waals surface area contributed by atoms with Crippen LogP contribution in [-0.4, -0.2) is 33.5 Å². The van der Waals surface area contributed by atoms with Crippen LogP contribution in [0.4, 0.5) is 0 Å². The molecule has 0 bridgehead atoms. The molecule has 0 amide bonds. The molecule has 1 saturated carbocycles. The maximum atomic E-state index is 11.5. The first-order chi connectivity index (χ1) is 11.4. The molecule has 0 spiro atoms. The van der Waals surface area contributed by atoms with E-state index in [1.54, 1.807) is 0 Å². The normalized spacial score (nSPS) is 21.1. The fourth-order valence-electron chi connectivity index (χ4n) is 2.74. The molecule has 0 heterocycles. The third-order valence-corrected chi connectivity index (χ3v) is 15.3. The predicted octanol–water partition coefficient (Wildman–Crippen LogP) is 6.31. The minimum absolute atomic E-state index is 0.0303. The van der Waals surface area contributed by atoms with Crippen molar-refractivity contribution >= 4 is 22.6 Å². The van der Waals surface area contributed by atoms with E-state index >= 15 is 0 Å². The first-order valence-corrected chi connectivity index (χ1v) is 15.6. The SMILES string of the molecule is CC(C)(C)[Si](C)(C)OC1(O[Si](C)(C)C(C)(C)C)CCCC/C1=C\C(=O)O. The molecule has 152 valence electrons. The van der Waals surface area contributed by atoms with Gasteiger partial charge in [0.1, 0.15) is 0 Å². The van der Waals surface area contributed by atoms with Crippen LogP contribution in [0.3, 0.4) is 0 Å². The summed E-state index contributed by atoms with van der Waals surface area (Å²) in [5.74, 6) is -1.80. The van der Waals surface area contributed by atoms with Crippen LogP contribution in [0, 0.1) is 0 Å². The Morgan fingerprint density at radius 2 is 1.38 bits per heavy atom. The van der Waals surface area contributed by atoms with E-state index in [-0.39, 0.29) is 10.1 Å². The summed E-state index contributed by atoms with van der Waals surface area (Å²) in [6, 6.07) is 0. The van der Waals surface area contributed by atoms with Gasteiger partial charge in [-0.2, -0.15) is 0 Å². The van der Waals surface area contributed by atoms with Gasteiger partial charge in [0.05, 0.1) is 0 Å². The quantitative estimate of drug-likeness (QED) is 0.334. The molecule has 4 nitrogen and oxygen atoms in total. The van der Waals surface area contributed by atoms with Gasteiger partial charge in [-0.1, -0.05) is 41.5 Å². The van der Waals surface area contributed by atoms with Gasteiger partial charge < -0.3 is 14.0 Å². The molecule has 0 saturated heterocycles. The lowest BCUT2D eigenvalue weighted by Gasteiger charge is -2.52. The second kappa shape index (κ2) is 7.53. The first-order valence-electron chi connectivity index (χ1n) is 9.78. The van der Waals surface area contributed by atoms with E-state index in [2.05, 4.69) is 67.7 Å². The zero-order chi connectivity index (χ0) is 20.6. The van der Waals surface area contributed by atoms with Crippen LogP contribution in [-0.2, 0) is 13.6 Å². The molecule has 0 aromatic carbocycles. The van der Waals surface area contributed by atoms with Gasteiger partial charge in [0, 0.05) is 12.5 Å². The smallest absolute Gasteiger partial charge is 0.328 e. The minimum Gasteiger partial charge on any atom is -0.478 e. The molecule has 0 radical (unpaired) electrons. The number of carbonyl (C=O) groups is 1. The fraction of sp³-hybridized carbons (Fsp3) is 0.850. The largest absolute Gasteiger partial charge is 0.478 e. The fourth-order valence-corrected chi connectivity index (χ4v) is 5.63. The molecule has 1 fully saturated rings. The Morgan fingerprint density at radius 3 is 1.73 bits per heavy atom. The van der Waals surface area contributed by atoms with Crippen LogP contribution in [0.25, 0.3) is 0 Å². The average Bonchev–Trinajstić information content (AvgIpc) is 2.37. The molecule has 0 atom stereocenters. The third kappa shape index (κ3) is 5.30. The molecular formula is C20H40O4Si2. The summed E-state index contributed by atoms with van der Waals surface area (Å²) in [6.45, 7) is 22.1. The van der Waals surface area contributed by atoms with Gasteiger partial charge in [-0.05, 0) is 61.1 Å². The maximum Gasteiger partial charge on any atom is 0.328 e. The monoisotopic (exact) mass is 400 g/mol. The van der Waals surface area contributed by atoms with Crippen LogP contribution in [0.15, 0.2) is 11.6 Å². The Hall–Kier alpha value is -0.436. The van der Waals surface area contributed by atoms with Crippen molar-refractivity contribution in [3.63, 3.8) is 0 Å².